The molecule has 98 valence electrons. The van der Waals surface area contributed by atoms with E-state index in [0.717, 1.165) is 0 Å². The van der Waals surface area contributed by atoms with Gasteiger partial charge in [0.1, 0.15) is 18.3 Å². The summed E-state index contributed by atoms with van der Waals surface area (Å²) in [4.78, 5) is 24.6. The molecule has 0 unspecified atom stereocenters. The van der Waals surface area contributed by atoms with E-state index < -0.39 is 29.9 Å². The molecule has 1 aliphatic heterocycles. The van der Waals surface area contributed by atoms with Crippen molar-refractivity contribution in [3.63, 3.8) is 0 Å². The number of rotatable bonds is 0. The lowest BCUT2D eigenvalue weighted by Gasteiger charge is -2.35. The molecule has 0 radical (unpaired) electrons. The van der Waals surface area contributed by atoms with Gasteiger partial charge in [-0.2, -0.15) is 0 Å². The molecule has 0 amide bonds. The predicted octanol–water partition coefficient (Wildman–Crippen LogP) is 0.460. The molecule has 0 saturated carbocycles. The molecule has 0 spiro atoms. The average Bonchev–Trinajstić information content (AvgIpc) is 2.42. The maximum absolute atomic E-state index is 12.3. The Bertz CT molecular complexity index is 616. The quantitative estimate of drug-likeness (QED) is 0.708. The molecule has 3 rings (SSSR count). The minimum Gasteiger partial charge on any atom is -0.483 e. The standard InChI is InChI=1S/C14H12O5/c1-6-10(15)13(18)9-11(16)7-4-2-3-5-8(7)12(17)14(9)19-6/h2-6,10,13,15,18H,1H3/t6-,10+,13-/m0/s1. The highest BCUT2D eigenvalue weighted by Gasteiger charge is 2.45. The summed E-state index contributed by atoms with van der Waals surface area (Å²) < 4.78 is 5.31. The second kappa shape index (κ2) is 4.01. The highest BCUT2D eigenvalue weighted by atomic mass is 16.5. The molecule has 5 heteroatoms. The number of aliphatic hydroxyl groups excluding tert-OH is 2. The molecule has 3 atom stereocenters. The highest BCUT2D eigenvalue weighted by Crippen LogP contribution is 2.34. The maximum atomic E-state index is 12.3. The highest BCUT2D eigenvalue weighted by molar-refractivity contribution is 6.26. The number of Topliss-reactive ketones (excluding diaryl/α,β-unsaturated/α-hetero) is 2. The van der Waals surface area contributed by atoms with Crippen LogP contribution >= 0.6 is 0 Å². The molecule has 0 fully saturated rings. The number of ketones is 2. The predicted molar refractivity (Wildman–Crippen MR) is 64.7 cm³/mol. The van der Waals surface area contributed by atoms with Gasteiger partial charge in [-0.3, -0.25) is 9.59 Å². The Balaban J connectivity index is 2.20. The minimum atomic E-state index is -1.40. The summed E-state index contributed by atoms with van der Waals surface area (Å²) in [5.74, 6) is -1.04. The molecule has 5 nitrogen and oxygen atoms in total. The maximum Gasteiger partial charge on any atom is 0.228 e. The molecule has 1 heterocycles. The summed E-state index contributed by atoms with van der Waals surface area (Å²) in [5, 5.41) is 19.8. The van der Waals surface area contributed by atoms with E-state index in [1.165, 1.54) is 13.0 Å². The van der Waals surface area contributed by atoms with Gasteiger partial charge in [-0.25, -0.2) is 0 Å². The number of hydrogen-bond donors (Lipinski definition) is 2. The molecule has 1 aromatic carbocycles. The molecule has 19 heavy (non-hydrogen) atoms. The topological polar surface area (TPSA) is 83.8 Å². The first kappa shape index (κ1) is 12.1. The third-order valence-corrected chi connectivity index (χ3v) is 3.52. The zero-order valence-corrected chi connectivity index (χ0v) is 10.2. The third kappa shape index (κ3) is 1.55. The van der Waals surface area contributed by atoms with Crippen LogP contribution in [0.3, 0.4) is 0 Å². The Hall–Kier alpha value is -1.98. The Morgan fingerprint density at radius 1 is 1.05 bits per heavy atom. The molecule has 2 N–H and O–H groups in total. The summed E-state index contributed by atoms with van der Waals surface area (Å²) >= 11 is 0. The molecule has 0 aromatic heterocycles. The van der Waals surface area contributed by atoms with Crippen molar-refractivity contribution in [3.8, 4) is 0 Å². The van der Waals surface area contributed by atoms with Crippen molar-refractivity contribution in [2.75, 3.05) is 0 Å². The smallest absolute Gasteiger partial charge is 0.228 e. The van der Waals surface area contributed by atoms with Gasteiger partial charge in [0.15, 0.2) is 11.5 Å². The van der Waals surface area contributed by atoms with Crippen molar-refractivity contribution in [2.45, 2.75) is 25.2 Å². The molecule has 1 aliphatic carbocycles. The van der Waals surface area contributed by atoms with Crippen LogP contribution in [0, 0.1) is 0 Å². The van der Waals surface area contributed by atoms with Gasteiger partial charge < -0.3 is 14.9 Å². The largest absolute Gasteiger partial charge is 0.483 e. The summed E-state index contributed by atoms with van der Waals surface area (Å²) in [6.45, 7) is 1.54. The first-order valence-corrected chi connectivity index (χ1v) is 5.97. The fraction of sp³-hybridized carbons (Fsp3) is 0.286. The van der Waals surface area contributed by atoms with E-state index in [-0.39, 0.29) is 22.5 Å². The summed E-state index contributed by atoms with van der Waals surface area (Å²) in [6.07, 6.45) is -3.36. The third-order valence-electron chi connectivity index (χ3n) is 3.52. The first-order chi connectivity index (χ1) is 9.02. The average molecular weight is 260 g/mol. The van der Waals surface area contributed by atoms with Crippen LogP contribution in [0.15, 0.2) is 35.6 Å². The second-order valence-corrected chi connectivity index (χ2v) is 4.71. The number of benzene rings is 1. The van der Waals surface area contributed by atoms with Crippen molar-refractivity contribution in [1.82, 2.24) is 0 Å². The first-order valence-electron chi connectivity index (χ1n) is 5.97. The van der Waals surface area contributed by atoms with Gasteiger partial charge in [0.25, 0.3) is 0 Å². The van der Waals surface area contributed by atoms with Crippen LogP contribution in [0.25, 0.3) is 0 Å². The lowest BCUT2D eigenvalue weighted by Crippen LogP contribution is -2.47. The van der Waals surface area contributed by atoms with E-state index in [1.54, 1.807) is 18.2 Å². The van der Waals surface area contributed by atoms with E-state index in [9.17, 15) is 19.8 Å². The Labute approximate surface area is 109 Å². The van der Waals surface area contributed by atoms with Crippen molar-refractivity contribution < 1.29 is 24.5 Å². The van der Waals surface area contributed by atoms with Crippen molar-refractivity contribution >= 4 is 11.6 Å². The van der Waals surface area contributed by atoms with Gasteiger partial charge in [0, 0.05) is 11.1 Å². The van der Waals surface area contributed by atoms with Gasteiger partial charge in [-0.1, -0.05) is 24.3 Å². The fourth-order valence-corrected chi connectivity index (χ4v) is 2.44. The van der Waals surface area contributed by atoms with Crippen LogP contribution in [0.5, 0.6) is 0 Å². The van der Waals surface area contributed by atoms with Crippen molar-refractivity contribution in [2.24, 2.45) is 0 Å². The van der Waals surface area contributed by atoms with Gasteiger partial charge in [-0.15, -0.1) is 0 Å². The number of allylic oxidation sites excluding steroid dienone is 1. The van der Waals surface area contributed by atoms with Gasteiger partial charge >= 0.3 is 0 Å². The molecule has 2 aliphatic rings. The van der Waals surface area contributed by atoms with E-state index in [0.29, 0.717) is 0 Å². The number of aliphatic hydroxyl groups is 2. The van der Waals surface area contributed by atoms with E-state index in [2.05, 4.69) is 0 Å². The van der Waals surface area contributed by atoms with E-state index >= 15 is 0 Å². The van der Waals surface area contributed by atoms with Gasteiger partial charge in [-0.05, 0) is 6.92 Å². The van der Waals surface area contributed by atoms with Crippen LogP contribution < -0.4 is 0 Å². The zero-order chi connectivity index (χ0) is 13.7. The second-order valence-electron chi connectivity index (χ2n) is 4.71. The van der Waals surface area contributed by atoms with Crippen LogP contribution in [-0.4, -0.2) is 40.1 Å². The summed E-state index contributed by atoms with van der Waals surface area (Å²) in [7, 11) is 0. The normalized spacial score (nSPS) is 29.7. The SMILES string of the molecule is C[C@@H]1OC2=C(C(=O)c3ccccc3C2=O)[C@H](O)[C@@H]1O. The Morgan fingerprint density at radius 3 is 2.26 bits per heavy atom. The number of ether oxygens (including phenoxy) is 1. The molecule has 0 saturated heterocycles. The van der Waals surface area contributed by atoms with Crippen LogP contribution in [-0.2, 0) is 4.74 Å². The number of hydrogen-bond acceptors (Lipinski definition) is 5. The number of carbonyl (C=O) groups is 2. The lowest BCUT2D eigenvalue weighted by molar-refractivity contribution is -0.0682. The molecular formula is C14H12O5. The molecular weight excluding hydrogens is 248 g/mol. The monoisotopic (exact) mass is 260 g/mol. The van der Waals surface area contributed by atoms with Crippen molar-refractivity contribution in [1.29, 1.82) is 0 Å². The summed E-state index contributed by atoms with van der Waals surface area (Å²) in [5.41, 5.74) is 0.354. The zero-order valence-electron chi connectivity index (χ0n) is 10.2. The van der Waals surface area contributed by atoms with Gasteiger partial charge in [0.05, 0.1) is 5.57 Å². The Kier molecular flexibility index (Phi) is 2.55. The fourth-order valence-electron chi connectivity index (χ4n) is 2.44. The van der Waals surface area contributed by atoms with Crippen molar-refractivity contribution in [3.05, 3.63) is 46.7 Å². The number of carbonyl (C=O) groups excluding carboxylic acids is 2. The lowest BCUT2D eigenvalue weighted by atomic mass is 9.82. The minimum absolute atomic E-state index is 0.144. The van der Waals surface area contributed by atoms with Crippen LogP contribution in [0.2, 0.25) is 0 Å². The van der Waals surface area contributed by atoms with E-state index in [1.807, 2.05) is 0 Å². The Morgan fingerprint density at radius 2 is 1.63 bits per heavy atom. The van der Waals surface area contributed by atoms with Crippen LogP contribution in [0.1, 0.15) is 27.6 Å². The van der Waals surface area contributed by atoms with E-state index in [4.69, 9.17) is 4.74 Å². The molecule has 0 bridgehead atoms. The number of fused-ring (bicyclic) bond motifs is 1. The summed E-state index contributed by atoms with van der Waals surface area (Å²) in [6, 6.07) is 6.37. The molecule has 1 aromatic rings. The van der Waals surface area contributed by atoms with Gasteiger partial charge in [0.2, 0.25) is 5.78 Å². The van der Waals surface area contributed by atoms with Crippen LogP contribution in [0.4, 0.5) is 0 Å².